The zero-order valence-electron chi connectivity index (χ0n) is 9.52. The van der Waals surface area contributed by atoms with Gasteiger partial charge in [0, 0.05) is 17.5 Å². The maximum Gasteiger partial charge on any atom is 0.319 e. The molecule has 0 bridgehead atoms. The molecule has 1 fully saturated rings. The van der Waals surface area contributed by atoms with Gasteiger partial charge in [0.2, 0.25) is 0 Å². The van der Waals surface area contributed by atoms with Crippen LogP contribution in [0.4, 0.5) is 17.6 Å². The normalized spacial score (nSPS) is 18.9. The van der Waals surface area contributed by atoms with Gasteiger partial charge in [0.25, 0.3) is 0 Å². The summed E-state index contributed by atoms with van der Waals surface area (Å²) in [6, 6.07) is 0. The Bertz CT molecular complexity index is 210. The second-order valence-electron chi connectivity index (χ2n) is 4.06. The van der Waals surface area contributed by atoms with Gasteiger partial charge >= 0.3 is 12.3 Å². The van der Waals surface area contributed by atoms with E-state index < -0.39 is 18.9 Å². The fourth-order valence-electron chi connectivity index (χ4n) is 1.59. The summed E-state index contributed by atoms with van der Waals surface area (Å²) in [5, 5.41) is 6.18. The number of hydrogen-bond acceptors (Lipinski definition) is 3. The Morgan fingerprint density at radius 3 is 2.53 bits per heavy atom. The number of rotatable bonds is 7. The molecule has 17 heavy (non-hydrogen) atoms. The Kier molecular flexibility index (Phi) is 6.58. The van der Waals surface area contributed by atoms with E-state index in [0.29, 0.717) is 17.5 Å². The zero-order valence-corrected chi connectivity index (χ0v) is 10.3. The first-order chi connectivity index (χ1) is 8.02. The summed E-state index contributed by atoms with van der Waals surface area (Å²) in [4.78, 5) is 0. The summed E-state index contributed by atoms with van der Waals surface area (Å²) >= 11 is 1.72. The molecule has 0 spiro atoms. The smallest absolute Gasteiger partial charge is 0.317 e. The molecule has 1 aliphatic heterocycles. The highest BCUT2D eigenvalue weighted by Gasteiger charge is 2.39. The highest BCUT2D eigenvalue weighted by atomic mass is 32.2. The molecule has 1 rings (SSSR count). The van der Waals surface area contributed by atoms with Crippen LogP contribution in [0.2, 0.25) is 0 Å². The summed E-state index contributed by atoms with van der Waals surface area (Å²) in [7, 11) is 0. The molecule has 0 aromatic carbocycles. The number of hydrogen-bond donors (Lipinski definition) is 2. The van der Waals surface area contributed by atoms with Gasteiger partial charge in [-0.15, -0.1) is 0 Å². The van der Waals surface area contributed by atoms with Crippen molar-refractivity contribution < 1.29 is 17.6 Å². The zero-order chi connectivity index (χ0) is 12.7. The molecule has 0 atom stereocenters. The lowest BCUT2D eigenvalue weighted by Gasteiger charge is -2.22. The Morgan fingerprint density at radius 1 is 1.29 bits per heavy atom. The Balaban J connectivity index is 2.00. The third-order valence-electron chi connectivity index (χ3n) is 2.60. The van der Waals surface area contributed by atoms with Crippen LogP contribution >= 0.6 is 11.8 Å². The first-order valence-corrected chi connectivity index (χ1v) is 6.76. The van der Waals surface area contributed by atoms with Crippen molar-refractivity contribution in [3.05, 3.63) is 0 Å². The molecule has 2 N–H and O–H groups in total. The van der Waals surface area contributed by atoms with E-state index in [1.807, 2.05) is 0 Å². The summed E-state index contributed by atoms with van der Waals surface area (Å²) in [6.45, 7) is 1.39. The van der Waals surface area contributed by atoms with Crippen molar-refractivity contribution in [3.63, 3.8) is 0 Å². The molecule has 0 radical (unpaired) electrons. The fourth-order valence-corrected chi connectivity index (χ4v) is 2.76. The molecule has 0 saturated carbocycles. The number of halogens is 4. The van der Waals surface area contributed by atoms with Gasteiger partial charge in [-0.2, -0.15) is 20.5 Å². The maximum absolute atomic E-state index is 12.5. The largest absolute Gasteiger partial charge is 0.319 e. The van der Waals surface area contributed by atoms with Crippen LogP contribution in [0.25, 0.3) is 0 Å². The molecule has 1 aliphatic rings. The van der Waals surface area contributed by atoms with E-state index in [2.05, 4.69) is 10.6 Å². The summed E-state index contributed by atoms with van der Waals surface area (Å²) in [6.07, 6.45) is -1.43. The van der Waals surface area contributed by atoms with Gasteiger partial charge in [0.1, 0.15) is 0 Å². The fraction of sp³-hybridized carbons (Fsp3) is 1.00. The number of nitrogens with one attached hydrogen (secondary N) is 2. The minimum absolute atomic E-state index is 0.344. The summed E-state index contributed by atoms with van der Waals surface area (Å²) in [5.41, 5.74) is 0. The Labute approximate surface area is 103 Å². The first-order valence-electron chi connectivity index (χ1n) is 5.71. The van der Waals surface area contributed by atoms with E-state index in [1.165, 1.54) is 0 Å². The summed E-state index contributed by atoms with van der Waals surface area (Å²) < 4.78 is 48.6. The second-order valence-corrected chi connectivity index (χ2v) is 5.47. The van der Waals surface area contributed by atoms with Crippen molar-refractivity contribution in [1.29, 1.82) is 0 Å². The molecule has 0 aromatic heterocycles. The van der Waals surface area contributed by atoms with Gasteiger partial charge in [-0.3, -0.25) is 0 Å². The van der Waals surface area contributed by atoms with Crippen LogP contribution in [-0.2, 0) is 0 Å². The van der Waals surface area contributed by atoms with Gasteiger partial charge in [0.15, 0.2) is 0 Å². The van der Waals surface area contributed by atoms with Gasteiger partial charge in [-0.05, 0) is 25.9 Å². The van der Waals surface area contributed by atoms with Crippen molar-refractivity contribution in [3.8, 4) is 0 Å². The Hall–Kier alpha value is -0.0100. The SMILES string of the molecule is FC(F)C(F)(F)CNCCSC1CCNCC1. The number of piperidine rings is 1. The van der Waals surface area contributed by atoms with E-state index in [0.717, 1.165) is 25.9 Å². The van der Waals surface area contributed by atoms with Crippen LogP contribution in [0.5, 0.6) is 0 Å². The monoisotopic (exact) mass is 274 g/mol. The molecule has 102 valence electrons. The van der Waals surface area contributed by atoms with Crippen LogP contribution in [0, 0.1) is 0 Å². The average Bonchev–Trinajstić information content (AvgIpc) is 2.29. The van der Waals surface area contributed by atoms with Crippen molar-refractivity contribution in [2.24, 2.45) is 0 Å². The third kappa shape index (κ3) is 5.92. The third-order valence-corrected chi connectivity index (χ3v) is 3.98. The van der Waals surface area contributed by atoms with Gasteiger partial charge in [-0.1, -0.05) is 0 Å². The van der Waals surface area contributed by atoms with Gasteiger partial charge in [-0.25, -0.2) is 8.78 Å². The van der Waals surface area contributed by atoms with Gasteiger partial charge in [0.05, 0.1) is 6.54 Å². The lowest BCUT2D eigenvalue weighted by Crippen LogP contribution is -2.39. The molecular weight excluding hydrogens is 256 g/mol. The van der Waals surface area contributed by atoms with Crippen LogP contribution < -0.4 is 10.6 Å². The van der Waals surface area contributed by atoms with E-state index >= 15 is 0 Å². The molecule has 0 unspecified atom stereocenters. The van der Waals surface area contributed by atoms with Crippen molar-refractivity contribution in [2.45, 2.75) is 30.4 Å². The molecule has 1 saturated heterocycles. The highest BCUT2D eigenvalue weighted by Crippen LogP contribution is 2.22. The van der Waals surface area contributed by atoms with Gasteiger partial charge < -0.3 is 10.6 Å². The van der Waals surface area contributed by atoms with Crippen LogP contribution in [0.1, 0.15) is 12.8 Å². The molecule has 2 nitrogen and oxygen atoms in total. The van der Waals surface area contributed by atoms with E-state index in [1.54, 1.807) is 11.8 Å². The number of alkyl halides is 4. The molecule has 0 aliphatic carbocycles. The van der Waals surface area contributed by atoms with Crippen LogP contribution in [0.3, 0.4) is 0 Å². The average molecular weight is 274 g/mol. The lowest BCUT2D eigenvalue weighted by molar-refractivity contribution is -0.124. The predicted octanol–water partition coefficient (Wildman–Crippen LogP) is 1.96. The molecule has 0 aromatic rings. The summed E-state index contributed by atoms with van der Waals surface area (Å²) in [5.74, 6) is -3.23. The highest BCUT2D eigenvalue weighted by molar-refractivity contribution is 7.99. The first kappa shape index (κ1) is 15.0. The van der Waals surface area contributed by atoms with Crippen molar-refractivity contribution in [1.82, 2.24) is 10.6 Å². The quantitative estimate of drug-likeness (QED) is 0.548. The molecule has 0 amide bonds. The van der Waals surface area contributed by atoms with Crippen LogP contribution in [0.15, 0.2) is 0 Å². The van der Waals surface area contributed by atoms with Crippen LogP contribution in [-0.4, -0.2) is 49.5 Å². The van der Waals surface area contributed by atoms with E-state index in [-0.39, 0.29) is 0 Å². The lowest BCUT2D eigenvalue weighted by atomic mass is 10.2. The van der Waals surface area contributed by atoms with E-state index in [9.17, 15) is 17.6 Å². The van der Waals surface area contributed by atoms with E-state index in [4.69, 9.17) is 0 Å². The molecular formula is C10H18F4N2S. The maximum atomic E-state index is 12.5. The number of thioether (sulfide) groups is 1. The minimum atomic E-state index is -3.92. The molecule has 1 heterocycles. The topological polar surface area (TPSA) is 24.1 Å². The standard InChI is InChI=1S/C10H18F4N2S/c11-9(12)10(13,14)7-16-5-6-17-8-1-3-15-4-2-8/h8-9,15-16H,1-7H2. The molecule has 7 heteroatoms. The van der Waals surface area contributed by atoms with Crippen molar-refractivity contribution in [2.75, 3.05) is 31.9 Å². The predicted molar refractivity (Wildman–Crippen MR) is 62.2 cm³/mol. The van der Waals surface area contributed by atoms with Crippen molar-refractivity contribution >= 4 is 11.8 Å². The second kappa shape index (κ2) is 7.43. The minimum Gasteiger partial charge on any atom is -0.317 e. The Morgan fingerprint density at radius 2 is 1.94 bits per heavy atom.